The zero-order valence-electron chi connectivity index (χ0n) is 40.6. The molecule has 6 saturated heterocycles. The summed E-state index contributed by atoms with van der Waals surface area (Å²) in [6.45, 7) is -5.98. The number of amides is 3. The minimum absolute atomic E-state index is 0.00768. The van der Waals surface area contributed by atoms with E-state index in [-0.39, 0.29) is 48.8 Å². The van der Waals surface area contributed by atoms with Crippen molar-refractivity contribution in [2.45, 2.75) is 184 Å². The smallest absolute Gasteiger partial charge is 0.394 e. The molecule has 0 saturated carbocycles. The molecule has 0 spiro atoms. The van der Waals surface area contributed by atoms with Crippen LogP contribution in [0.25, 0.3) is 0 Å². The highest BCUT2D eigenvalue weighted by atomic mass is 32.2. The molecule has 442 valence electrons. The standard InChI is InChI=1S/C41H73N4O29PS/c42-5-7-66-75(63,64)74-18(12-49)33-26(57)27(58)35(72-39-29(60)24(55)25(56)31(68-39)15(50)9-46)40(70-33)71-34-30(61)37(65-8-6-43-20(52)4-2-1-3-19-21-14(13-76-19)44-41(62)45-21)69-32(16(51)10-47)36(34)73-38-28(59)23(54)22(53)17(11-48)67-38/h14-19,21-40,46-51,53-61H,1-13,42H2,(H,43,52)(H,63,64)(H2,44,45,62)/t14-,15-,16-,17+,18-,19-,21-,22+,23-,24-,25-,26-,27-,28+,29-,30-,31+,32+,33+,34+,35-,36+,37-,38-,39+,40+/m0/s1. The second-order valence-corrected chi connectivity index (χ2v) is 21.5. The van der Waals surface area contributed by atoms with Crippen molar-refractivity contribution < 1.29 is 143 Å². The molecule has 76 heavy (non-hydrogen) atoms. The van der Waals surface area contributed by atoms with Gasteiger partial charge in [-0.3, -0.25) is 13.8 Å². The summed E-state index contributed by atoms with van der Waals surface area (Å²) < 4.78 is 69.3. The number of fused-ring (bicyclic) bond motifs is 1. The average molecular weight is 1150 g/mol. The molecule has 6 rings (SSSR count). The zero-order chi connectivity index (χ0) is 55.8. The Morgan fingerprint density at radius 1 is 0.697 bits per heavy atom. The van der Waals surface area contributed by atoms with Crippen molar-refractivity contribution in [2.24, 2.45) is 5.73 Å². The van der Waals surface area contributed by atoms with Gasteiger partial charge in [0, 0.05) is 30.5 Å². The molecule has 33 nitrogen and oxygen atoms in total. The van der Waals surface area contributed by atoms with Gasteiger partial charge in [0.1, 0.15) is 116 Å². The molecule has 0 bridgehead atoms. The highest BCUT2D eigenvalue weighted by molar-refractivity contribution is 8.00. The van der Waals surface area contributed by atoms with Crippen LogP contribution in [0.4, 0.5) is 4.79 Å². The van der Waals surface area contributed by atoms with Gasteiger partial charge in [-0.2, -0.15) is 11.8 Å². The quantitative estimate of drug-likeness (QED) is 0.0206. The summed E-state index contributed by atoms with van der Waals surface area (Å²) in [5, 5.41) is 170. The summed E-state index contributed by atoms with van der Waals surface area (Å²) in [6.07, 6.45) is -47.0. The first kappa shape index (κ1) is 63.4. The maximum absolute atomic E-state index is 12.9. The molecule has 35 heteroatoms. The number of hydrogen-bond acceptors (Lipinski definition) is 30. The number of nitrogens with two attached hydrogens (primary N) is 1. The molecule has 6 fully saturated rings. The summed E-state index contributed by atoms with van der Waals surface area (Å²) in [4.78, 5) is 35.0. The number of urea groups is 1. The number of aliphatic hydroxyl groups excluding tert-OH is 15. The van der Waals surface area contributed by atoms with Crippen molar-refractivity contribution in [1.29, 1.82) is 0 Å². The molecular formula is C41H73N4O29PS. The summed E-state index contributed by atoms with van der Waals surface area (Å²) in [7, 11) is -5.18. The van der Waals surface area contributed by atoms with E-state index in [1.807, 2.05) is 0 Å². The lowest BCUT2D eigenvalue weighted by Crippen LogP contribution is -2.70. The van der Waals surface area contributed by atoms with Crippen LogP contribution in [0.1, 0.15) is 25.7 Å². The van der Waals surface area contributed by atoms with Gasteiger partial charge in [-0.25, -0.2) is 9.36 Å². The highest BCUT2D eigenvalue weighted by Gasteiger charge is 2.59. The number of nitrogens with one attached hydrogen (secondary N) is 3. The second-order valence-electron chi connectivity index (χ2n) is 18.9. The second kappa shape index (κ2) is 28.8. The van der Waals surface area contributed by atoms with E-state index in [1.165, 1.54) is 0 Å². The van der Waals surface area contributed by atoms with Gasteiger partial charge in [-0.05, 0) is 12.8 Å². The number of aliphatic hydroxyl groups is 15. The van der Waals surface area contributed by atoms with Crippen LogP contribution in [0.2, 0.25) is 0 Å². The van der Waals surface area contributed by atoms with Gasteiger partial charge in [0.05, 0.1) is 51.7 Å². The Balaban J connectivity index is 1.27. The van der Waals surface area contributed by atoms with E-state index < -0.39 is 189 Å². The lowest BCUT2D eigenvalue weighted by molar-refractivity contribution is -0.407. The van der Waals surface area contributed by atoms with E-state index in [0.717, 1.165) is 12.2 Å². The number of rotatable bonds is 27. The number of ether oxygens (including phenoxy) is 8. The summed E-state index contributed by atoms with van der Waals surface area (Å²) >= 11 is 1.73. The van der Waals surface area contributed by atoms with Crippen LogP contribution >= 0.6 is 19.6 Å². The Hall–Kier alpha value is -1.76. The zero-order valence-corrected chi connectivity index (χ0v) is 42.3. The molecule has 0 aromatic heterocycles. The number of phosphoric ester groups is 1. The molecule has 6 aliphatic heterocycles. The van der Waals surface area contributed by atoms with Gasteiger partial charge < -0.3 is 141 Å². The maximum Gasteiger partial charge on any atom is 0.472 e. The van der Waals surface area contributed by atoms with E-state index in [0.29, 0.717) is 12.8 Å². The lowest BCUT2D eigenvalue weighted by atomic mass is 9.92. The fraction of sp³-hybridized carbons (Fsp3) is 0.951. The number of hydrogen-bond donors (Lipinski definition) is 20. The Bertz CT molecular complexity index is 1870. The van der Waals surface area contributed by atoms with Crippen molar-refractivity contribution in [3.05, 3.63) is 0 Å². The van der Waals surface area contributed by atoms with E-state index in [1.54, 1.807) is 11.8 Å². The third kappa shape index (κ3) is 15.2. The van der Waals surface area contributed by atoms with Gasteiger partial charge in [0.2, 0.25) is 5.91 Å². The summed E-state index contributed by atoms with van der Waals surface area (Å²) in [5.41, 5.74) is 5.36. The van der Waals surface area contributed by atoms with Crippen LogP contribution in [0.3, 0.4) is 0 Å². The summed E-state index contributed by atoms with van der Waals surface area (Å²) in [5.74, 6) is 0.380. The normalized spacial score (nSPS) is 42.8. The van der Waals surface area contributed by atoms with Crippen LogP contribution < -0.4 is 21.7 Å². The highest BCUT2D eigenvalue weighted by Crippen LogP contribution is 2.46. The van der Waals surface area contributed by atoms with Crippen LogP contribution in [0, 0.1) is 0 Å². The molecule has 0 aliphatic carbocycles. The largest absolute Gasteiger partial charge is 0.472 e. The molecule has 21 N–H and O–H groups in total. The predicted octanol–water partition coefficient (Wildman–Crippen LogP) is -10.7. The number of thioether (sulfide) groups is 1. The van der Waals surface area contributed by atoms with Gasteiger partial charge in [0.15, 0.2) is 25.2 Å². The first-order chi connectivity index (χ1) is 36.1. The van der Waals surface area contributed by atoms with Gasteiger partial charge in [-0.1, -0.05) is 6.42 Å². The van der Waals surface area contributed by atoms with Gasteiger partial charge in [-0.15, -0.1) is 0 Å². The minimum atomic E-state index is -5.18. The predicted molar refractivity (Wildman–Crippen MR) is 246 cm³/mol. The Kier molecular flexibility index (Phi) is 24.0. The minimum Gasteiger partial charge on any atom is -0.394 e. The van der Waals surface area contributed by atoms with Gasteiger partial charge in [0.25, 0.3) is 0 Å². The van der Waals surface area contributed by atoms with Crippen LogP contribution in [-0.2, 0) is 56.3 Å². The summed E-state index contributed by atoms with van der Waals surface area (Å²) in [6, 6.07) is -0.186. The number of phosphoric acid groups is 1. The number of carbonyl (C=O) groups excluding carboxylic acids is 2. The first-order valence-corrected chi connectivity index (χ1v) is 27.1. The van der Waals surface area contributed by atoms with Gasteiger partial charge >= 0.3 is 13.9 Å². The van der Waals surface area contributed by atoms with E-state index in [4.69, 9.17) is 52.7 Å². The fourth-order valence-corrected chi connectivity index (χ4v) is 12.0. The lowest BCUT2D eigenvalue weighted by Gasteiger charge is -2.51. The van der Waals surface area contributed by atoms with Crippen molar-refractivity contribution in [3.63, 3.8) is 0 Å². The molecule has 1 unspecified atom stereocenters. The van der Waals surface area contributed by atoms with Crippen molar-refractivity contribution in [3.8, 4) is 0 Å². The maximum atomic E-state index is 12.9. The SMILES string of the molecule is NCCOP(=O)(O)O[C@@H](CO)[C@H]1O[C@H](O[C@@H]2[C@H](O)[C@@H](OCCNC(=O)CCCC[C@@H]3SC[C@@H]4NC(=O)N[C@@H]43)O[C@H]([C@@H](O)CO)[C@H]2O[C@@H]2O[C@H](CO)[C@@H](O)[C@H](O)[C@H]2O)[C@@H](O[C@H]2O[C@H]([C@@H](O)CO)[C@@H](O)[C@H](O)[C@@H]2O)[C@@H](O)[C@@H]1O. The number of carbonyl (C=O) groups is 2. The monoisotopic (exact) mass is 1150 g/mol. The molecule has 6 heterocycles. The van der Waals surface area contributed by atoms with Crippen molar-refractivity contribution >= 4 is 31.5 Å². The average Bonchev–Trinajstić information content (AvgIpc) is 3.96. The topological polar surface area (TPSA) is 529 Å². The van der Waals surface area contributed by atoms with Crippen LogP contribution in [-0.4, -0.2) is 310 Å². The van der Waals surface area contributed by atoms with Crippen molar-refractivity contribution in [2.75, 3.05) is 58.5 Å². The Morgan fingerprint density at radius 3 is 1.96 bits per heavy atom. The molecule has 6 aliphatic rings. The van der Waals surface area contributed by atoms with Crippen molar-refractivity contribution in [1.82, 2.24) is 16.0 Å². The third-order valence-corrected chi connectivity index (χ3v) is 16.1. The molecular weight excluding hydrogens is 1080 g/mol. The molecule has 27 atom stereocenters. The fourth-order valence-electron chi connectivity index (χ4n) is 9.48. The first-order valence-electron chi connectivity index (χ1n) is 24.5. The van der Waals surface area contributed by atoms with E-state index in [9.17, 15) is 95.6 Å². The van der Waals surface area contributed by atoms with E-state index in [2.05, 4.69) is 16.0 Å². The van der Waals surface area contributed by atoms with E-state index >= 15 is 0 Å². The molecule has 0 aromatic rings. The van der Waals surface area contributed by atoms with Crippen LogP contribution in [0.15, 0.2) is 0 Å². The molecule has 0 radical (unpaired) electrons. The number of unbranched alkanes of at least 4 members (excludes halogenated alkanes) is 1. The third-order valence-electron chi connectivity index (χ3n) is 13.6. The Morgan fingerprint density at radius 2 is 1.30 bits per heavy atom. The molecule has 0 aromatic carbocycles. The molecule has 3 amide bonds. The van der Waals surface area contributed by atoms with Crippen LogP contribution in [0.5, 0.6) is 0 Å². The Labute approximate surface area is 437 Å².